The van der Waals surface area contributed by atoms with E-state index in [9.17, 15) is 8.78 Å². The predicted molar refractivity (Wildman–Crippen MR) is 80.7 cm³/mol. The van der Waals surface area contributed by atoms with E-state index in [1.54, 1.807) is 0 Å². The minimum atomic E-state index is -0.512. The van der Waals surface area contributed by atoms with E-state index in [1.165, 1.54) is 37.8 Å². The van der Waals surface area contributed by atoms with E-state index < -0.39 is 11.6 Å². The minimum Gasteiger partial charge on any atom is -0.310 e. The van der Waals surface area contributed by atoms with Gasteiger partial charge < -0.3 is 5.32 Å². The molecular weight excluding hydrogens is 256 g/mol. The van der Waals surface area contributed by atoms with Crippen molar-refractivity contribution in [1.29, 1.82) is 0 Å². The maximum absolute atomic E-state index is 13.1. The zero-order valence-electron chi connectivity index (χ0n) is 12.9. The van der Waals surface area contributed by atoms with Crippen LogP contribution in [0.3, 0.4) is 0 Å². The molecule has 0 aliphatic heterocycles. The Bertz CT molecular complexity index is 370. The monoisotopic (exact) mass is 283 g/mol. The fourth-order valence-corrected chi connectivity index (χ4v) is 2.29. The second-order valence-corrected chi connectivity index (χ2v) is 5.98. The van der Waals surface area contributed by atoms with Gasteiger partial charge in [0, 0.05) is 12.1 Å². The highest BCUT2D eigenvalue weighted by Crippen LogP contribution is 2.16. The summed E-state index contributed by atoms with van der Waals surface area (Å²) in [6.07, 6.45) is 6.18. The van der Waals surface area contributed by atoms with Crippen molar-refractivity contribution in [3.8, 4) is 0 Å². The lowest BCUT2D eigenvalue weighted by atomic mass is 10.0. The van der Waals surface area contributed by atoms with Crippen LogP contribution in [0.25, 0.3) is 0 Å². The van der Waals surface area contributed by atoms with Crippen molar-refractivity contribution in [2.45, 2.75) is 58.9 Å². The van der Waals surface area contributed by atoms with Gasteiger partial charge in [0.15, 0.2) is 0 Å². The van der Waals surface area contributed by atoms with Crippen molar-refractivity contribution < 1.29 is 8.78 Å². The Morgan fingerprint density at radius 1 is 0.900 bits per heavy atom. The first-order valence-corrected chi connectivity index (χ1v) is 7.68. The third-order valence-electron chi connectivity index (χ3n) is 3.54. The van der Waals surface area contributed by atoms with Gasteiger partial charge in [-0.15, -0.1) is 0 Å². The van der Waals surface area contributed by atoms with Crippen LogP contribution in [0.1, 0.15) is 64.5 Å². The van der Waals surface area contributed by atoms with Gasteiger partial charge in [0.1, 0.15) is 11.6 Å². The topological polar surface area (TPSA) is 12.0 Å². The Balaban J connectivity index is 2.18. The molecule has 1 rings (SSSR count). The summed E-state index contributed by atoms with van der Waals surface area (Å²) in [6, 6.07) is 3.67. The summed E-state index contributed by atoms with van der Waals surface area (Å²) in [6.45, 7) is 7.33. The average Bonchev–Trinajstić information content (AvgIpc) is 2.35. The zero-order valence-corrected chi connectivity index (χ0v) is 12.9. The van der Waals surface area contributed by atoms with E-state index in [1.807, 2.05) is 6.92 Å². The Kier molecular flexibility index (Phi) is 7.75. The molecule has 3 heteroatoms. The number of unbranched alkanes of at least 4 members (excludes halogenated alkanes) is 3. The summed E-state index contributed by atoms with van der Waals surface area (Å²) in [7, 11) is 0. The fourth-order valence-electron chi connectivity index (χ4n) is 2.29. The lowest BCUT2D eigenvalue weighted by Gasteiger charge is -2.14. The molecule has 0 saturated carbocycles. The quantitative estimate of drug-likeness (QED) is 0.612. The molecule has 1 unspecified atom stereocenters. The Morgan fingerprint density at radius 2 is 1.50 bits per heavy atom. The van der Waals surface area contributed by atoms with Gasteiger partial charge in [0.05, 0.1) is 0 Å². The first-order valence-electron chi connectivity index (χ1n) is 7.68. The van der Waals surface area contributed by atoms with Crippen LogP contribution >= 0.6 is 0 Å². The van der Waals surface area contributed by atoms with Gasteiger partial charge in [-0.05, 0) is 43.5 Å². The number of hydrogen-bond acceptors (Lipinski definition) is 1. The number of hydrogen-bond donors (Lipinski definition) is 1. The van der Waals surface area contributed by atoms with Crippen molar-refractivity contribution in [3.63, 3.8) is 0 Å². The van der Waals surface area contributed by atoms with E-state index in [2.05, 4.69) is 19.2 Å². The van der Waals surface area contributed by atoms with Gasteiger partial charge in [0.25, 0.3) is 0 Å². The summed E-state index contributed by atoms with van der Waals surface area (Å²) in [5.41, 5.74) is 0.669. The van der Waals surface area contributed by atoms with Gasteiger partial charge >= 0.3 is 0 Å². The molecule has 1 aromatic carbocycles. The van der Waals surface area contributed by atoms with Crippen LogP contribution in [0, 0.1) is 17.6 Å². The molecule has 114 valence electrons. The number of halogens is 2. The van der Waals surface area contributed by atoms with E-state index in [0.29, 0.717) is 5.56 Å². The maximum Gasteiger partial charge on any atom is 0.126 e. The van der Waals surface area contributed by atoms with E-state index in [-0.39, 0.29) is 6.04 Å². The fraction of sp³-hybridized carbons (Fsp3) is 0.647. The largest absolute Gasteiger partial charge is 0.310 e. The maximum atomic E-state index is 13.1. The van der Waals surface area contributed by atoms with Crippen molar-refractivity contribution in [1.82, 2.24) is 5.32 Å². The van der Waals surface area contributed by atoms with E-state index >= 15 is 0 Å². The summed E-state index contributed by atoms with van der Waals surface area (Å²) in [4.78, 5) is 0. The number of nitrogens with one attached hydrogen (secondary N) is 1. The molecule has 20 heavy (non-hydrogen) atoms. The predicted octanol–water partition coefficient (Wildman–Crippen LogP) is 5.22. The summed E-state index contributed by atoms with van der Waals surface area (Å²) in [5.74, 6) is -0.235. The standard InChI is InChI=1S/C17H27F2N/c1-13(2)8-6-4-5-7-9-20-14(3)15-10-16(18)12-17(19)11-15/h10-14,20H,4-9H2,1-3H3. The van der Waals surface area contributed by atoms with Gasteiger partial charge in [0.2, 0.25) is 0 Å². The molecule has 1 atom stereocenters. The SMILES string of the molecule is CC(C)CCCCCCNC(C)c1cc(F)cc(F)c1. The molecule has 0 bridgehead atoms. The van der Waals surface area contributed by atoms with Crippen molar-refractivity contribution in [2.24, 2.45) is 5.92 Å². The summed E-state index contributed by atoms with van der Waals surface area (Å²) in [5, 5.41) is 3.32. The Hall–Kier alpha value is -0.960. The van der Waals surface area contributed by atoms with Crippen molar-refractivity contribution in [2.75, 3.05) is 6.54 Å². The van der Waals surface area contributed by atoms with Crippen LogP contribution < -0.4 is 5.32 Å². The molecule has 0 fully saturated rings. The van der Waals surface area contributed by atoms with Crippen LogP contribution in [-0.4, -0.2) is 6.54 Å². The number of rotatable bonds is 9. The smallest absolute Gasteiger partial charge is 0.126 e. The highest BCUT2D eigenvalue weighted by Gasteiger charge is 2.07. The molecule has 0 heterocycles. The molecule has 1 nitrogen and oxygen atoms in total. The molecular formula is C17H27F2N. The second-order valence-electron chi connectivity index (χ2n) is 5.98. The minimum absolute atomic E-state index is 0.0177. The van der Waals surface area contributed by atoms with Crippen LogP contribution in [0.5, 0.6) is 0 Å². The van der Waals surface area contributed by atoms with Gasteiger partial charge in [-0.2, -0.15) is 0 Å². The van der Waals surface area contributed by atoms with Crippen LogP contribution in [0.2, 0.25) is 0 Å². The van der Waals surface area contributed by atoms with Gasteiger partial charge in [-0.25, -0.2) is 8.78 Å². The lowest BCUT2D eigenvalue weighted by Crippen LogP contribution is -2.20. The molecule has 0 aromatic heterocycles. The van der Waals surface area contributed by atoms with E-state index in [4.69, 9.17) is 0 Å². The first-order chi connectivity index (χ1) is 9.49. The normalized spacial score (nSPS) is 12.9. The van der Waals surface area contributed by atoms with Crippen LogP contribution in [0.15, 0.2) is 18.2 Å². The summed E-state index contributed by atoms with van der Waals surface area (Å²) < 4.78 is 26.2. The molecule has 0 radical (unpaired) electrons. The van der Waals surface area contributed by atoms with E-state index in [0.717, 1.165) is 24.9 Å². The van der Waals surface area contributed by atoms with Gasteiger partial charge in [-0.3, -0.25) is 0 Å². The lowest BCUT2D eigenvalue weighted by molar-refractivity contribution is 0.495. The highest BCUT2D eigenvalue weighted by molar-refractivity contribution is 5.20. The molecule has 1 aromatic rings. The second kappa shape index (κ2) is 9.06. The first kappa shape index (κ1) is 17.1. The van der Waals surface area contributed by atoms with Gasteiger partial charge in [-0.1, -0.05) is 39.5 Å². The van der Waals surface area contributed by atoms with Crippen molar-refractivity contribution in [3.05, 3.63) is 35.4 Å². The zero-order chi connectivity index (χ0) is 15.0. The number of benzene rings is 1. The molecule has 1 N–H and O–H groups in total. The van der Waals surface area contributed by atoms with Crippen LogP contribution in [0.4, 0.5) is 8.78 Å². The van der Waals surface area contributed by atoms with Crippen LogP contribution in [-0.2, 0) is 0 Å². The Labute approximate surface area is 121 Å². The third kappa shape index (κ3) is 6.99. The third-order valence-corrected chi connectivity index (χ3v) is 3.54. The highest BCUT2D eigenvalue weighted by atomic mass is 19.1. The Morgan fingerprint density at radius 3 is 2.10 bits per heavy atom. The molecule has 0 saturated heterocycles. The van der Waals surface area contributed by atoms with Crippen molar-refractivity contribution >= 4 is 0 Å². The molecule has 0 aliphatic carbocycles. The molecule has 0 amide bonds. The average molecular weight is 283 g/mol. The summed E-state index contributed by atoms with van der Waals surface area (Å²) >= 11 is 0. The molecule has 0 spiro atoms. The molecule has 0 aliphatic rings.